The number of ketones is 1. The van der Waals surface area contributed by atoms with Gasteiger partial charge in [-0.3, -0.25) is 4.79 Å². The van der Waals surface area contributed by atoms with Crippen molar-refractivity contribution in [3.05, 3.63) is 23.5 Å². The third-order valence-electron chi connectivity index (χ3n) is 1.76. The number of carbonyl (C=O) groups is 1. The molecule has 0 heterocycles. The van der Waals surface area contributed by atoms with Gasteiger partial charge in [0.1, 0.15) is 5.78 Å². The summed E-state index contributed by atoms with van der Waals surface area (Å²) in [5.41, 5.74) is 0.490. The SMILES string of the molecule is COc1cc(CC(C)=O)cc(F)c1O. The molecule has 76 valence electrons. The van der Waals surface area contributed by atoms with Crippen LogP contribution in [0.2, 0.25) is 0 Å². The summed E-state index contributed by atoms with van der Waals surface area (Å²) in [7, 11) is 1.33. The van der Waals surface area contributed by atoms with Crippen molar-refractivity contribution in [2.24, 2.45) is 0 Å². The number of hydrogen-bond donors (Lipinski definition) is 1. The first kappa shape index (κ1) is 10.5. The van der Waals surface area contributed by atoms with Gasteiger partial charge in [-0.15, -0.1) is 0 Å². The van der Waals surface area contributed by atoms with E-state index in [2.05, 4.69) is 0 Å². The number of Topliss-reactive ketones (excluding diaryl/α,β-unsaturated/α-hetero) is 1. The van der Waals surface area contributed by atoms with Crippen LogP contribution in [0.4, 0.5) is 4.39 Å². The maximum atomic E-state index is 13.0. The lowest BCUT2D eigenvalue weighted by Crippen LogP contribution is -1.98. The summed E-state index contributed by atoms with van der Waals surface area (Å²) in [6.45, 7) is 1.41. The Kier molecular flexibility index (Phi) is 3.06. The largest absolute Gasteiger partial charge is 0.502 e. The number of ether oxygens (including phenoxy) is 1. The van der Waals surface area contributed by atoms with Crippen LogP contribution in [-0.2, 0) is 11.2 Å². The molecule has 0 atom stereocenters. The number of halogens is 1. The average Bonchev–Trinajstić information content (AvgIpc) is 2.10. The Bertz CT molecular complexity index is 361. The molecule has 4 heteroatoms. The van der Waals surface area contributed by atoms with E-state index in [0.717, 1.165) is 6.07 Å². The van der Waals surface area contributed by atoms with Crippen LogP contribution in [0.3, 0.4) is 0 Å². The van der Waals surface area contributed by atoms with Crippen molar-refractivity contribution < 1.29 is 19.0 Å². The number of carbonyl (C=O) groups excluding carboxylic acids is 1. The Labute approximate surface area is 81.1 Å². The predicted octanol–water partition coefficient (Wildman–Crippen LogP) is 1.67. The molecular weight excluding hydrogens is 187 g/mol. The van der Waals surface area contributed by atoms with Crippen molar-refractivity contribution in [2.75, 3.05) is 7.11 Å². The van der Waals surface area contributed by atoms with Gasteiger partial charge in [0, 0.05) is 6.42 Å². The van der Waals surface area contributed by atoms with E-state index in [0.29, 0.717) is 5.56 Å². The Morgan fingerprint density at radius 2 is 2.21 bits per heavy atom. The Hall–Kier alpha value is -1.58. The minimum Gasteiger partial charge on any atom is -0.502 e. The molecule has 0 aliphatic carbocycles. The van der Waals surface area contributed by atoms with Crippen LogP contribution in [0.25, 0.3) is 0 Å². The van der Waals surface area contributed by atoms with E-state index in [-0.39, 0.29) is 18.0 Å². The molecule has 0 unspecified atom stereocenters. The minimum atomic E-state index is -0.777. The second-order valence-corrected chi connectivity index (χ2v) is 3.01. The third kappa shape index (κ3) is 2.22. The number of methoxy groups -OCH3 is 1. The molecule has 1 aromatic rings. The van der Waals surface area contributed by atoms with Gasteiger partial charge < -0.3 is 9.84 Å². The maximum Gasteiger partial charge on any atom is 0.194 e. The highest BCUT2D eigenvalue weighted by molar-refractivity contribution is 5.78. The van der Waals surface area contributed by atoms with Crippen molar-refractivity contribution in [3.63, 3.8) is 0 Å². The molecule has 1 rings (SSSR count). The van der Waals surface area contributed by atoms with Gasteiger partial charge in [-0.2, -0.15) is 0 Å². The zero-order valence-electron chi connectivity index (χ0n) is 8.00. The molecular formula is C10H11FO3. The van der Waals surface area contributed by atoms with Crippen LogP contribution in [0.15, 0.2) is 12.1 Å². The van der Waals surface area contributed by atoms with Gasteiger partial charge in [-0.05, 0) is 24.6 Å². The molecule has 0 fully saturated rings. The highest BCUT2D eigenvalue weighted by atomic mass is 19.1. The second-order valence-electron chi connectivity index (χ2n) is 3.01. The number of hydrogen-bond acceptors (Lipinski definition) is 3. The first-order chi connectivity index (χ1) is 6.54. The molecule has 14 heavy (non-hydrogen) atoms. The molecule has 1 N–H and O–H groups in total. The van der Waals surface area contributed by atoms with Gasteiger partial charge in [-0.25, -0.2) is 4.39 Å². The summed E-state index contributed by atoms with van der Waals surface area (Å²) in [6, 6.07) is 2.57. The van der Waals surface area contributed by atoms with Gasteiger partial charge in [0.25, 0.3) is 0 Å². The average molecular weight is 198 g/mol. The number of rotatable bonds is 3. The van der Waals surface area contributed by atoms with Crippen molar-refractivity contribution in [1.82, 2.24) is 0 Å². The van der Waals surface area contributed by atoms with E-state index in [9.17, 15) is 14.3 Å². The van der Waals surface area contributed by atoms with Gasteiger partial charge in [0.2, 0.25) is 0 Å². The minimum absolute atomic E-state index is 0.0428. The van der Waals surface area contributed by atoms with Crippen molar-refractivity contribution >= 4 is 5.78 Å². The molecule has 3 nitrogen and oxygen atoms in total. The summed E-state index contributed by atoms with van der Waals surface area (Å²) in [6.07, 6.45) is 0.133. The number of phenols is 1. The topological polar surface area (TPSA) is 46.5 Å². The molecule has 0 saturated heterocycles. The van der Waals surface area contributed by atoms with Crippen molar-refractivity contribution in [1.29, 1.82) is 0 Å². The first-order valence-corrected chi connectivity index (χ1v) is 4.09. The number of benzene rings is 1. The molecule has 0 aliphatic rings. The lowest BCUT2D eigenvalue weighted by atomic mass is 10.1. The summed E-state index contributed by atoms with van der Waals surface area (Å²) < 4.78 is 17.8. The lowest BCUT2D eigenvalue weighted by Gasteiger charge is -2.06. The first-order valence-electron chi connectivity index (χ1n) is 4.09. The van der Waals surface area contributed by atoms with E-state index in [1.54, 1.807) is 0 Å². The third-order valence-corrected chi connectivity index (χ3v) is 1.76. The van der Waals surface area contributed by atoms with Crippen LogP contribution in [0.5, 0.6) is 11.5 Å². The van der Waals surface area contributed by atoms with Gasteiger partial charge in [-0.1, -0.05) is 0 Å². The Morgan fingerprint density at radius 1 is 1.57 bits per heavy atom. The van der Waals surface area contributed by atoms with Crippen LogP contribution in [-0.4, -0.2) is 18.0 Å². The molecule has 0 saturated carbocycles. The molecule has 0 spiro atoms. The van der Waals surface area contributed by atoms with Crippen LogP contribution < -0.4 is 4.74 Å². The Morgan fingerprint density at radius 3 is 2.71 bits per heavy atom. The van der Waals surface area contributed by atoms with E-state index in [1.807, 2.05) is 0 Å². The van der Waals surface area contributed by atoms with E-state index in [1.165, 1.54) is 20.1 Å². The fraction of sp³-hybridized carbons (Fsp3) is 0.300. The van der Waals surface area contributed by atoms with Crippen molar-refractivity contribution in [2.45, 2.75) is 13.3 Å². The maximum absolute atomic E-state index is 13.0. The number of phenolic OH excluding ortho intramolecular Hbond substituents is 1. The summed E-state index contributed by atoms with van der Waals surface area (Å²) in [4.78, 5) is 10.8. The lowest BCUT2D eigenvalue weighted by molar-refractivity contribution is -0.116. The molecule has 0 amide bonds. The summed E-state index contributed by atoms with van der Waals surface area (Å²) in [5, 5.41) is 9.17. The zero-order valence-corrected chi connectivity index (χ0v) is 8.00. The van der Waals surface area contributed by atoms with Crippen LogP contribution in [0, 0.1) is 5.82 Å². The molecule has 1 aromatic carbocycles. The standard InChI is InChI=1S/C10H11FO3/c1-6(12)3-7-4-8(11)10(13)9(5-7)14-2/h4-5,13H,3H2,1-2H3. The predicted molar refractivity (Wildman–Crippen MR) is 49.0 cm³/mol. The second kappa shape index (κ2) is 4.09. The zero-order chi connectivity index (χ0) is 10.7. The van der Waals surface area contributed by atoms with Crippen LogP contribution in [0.1, 0.15) is 12.5 Å². The molecule has 0 radical (unpaired) electrons. The Balaban J connectivity index is 3.09. The molecule has 0 aliphatic heterocycles. The van der Waals surface area contributed by atoms with E-state index < -0.39 is 11.6 Å². The normalized spacial score (nSPS) is 9.93. The fourth-order valence-electron chi connectivity index (χ4n) is 1.17. The smallest absolute Gasteiger partial charge is 0.194 e. The van der Waals surface area contributed by atoms with Crippen molar-refractivity contribution in [3.8, 4) is 11.5 Å². The molecule has 0 aromatic heterocycles. The highest BCUT2D eigenvalue weighted by Crippen LogP contribution is 2.30. The summed E-state index contributed by atoms with van der Waals surface area (Å²) in [5.74, 6) is -1.33. The van der Waals surface area contributed by atoms with Gasteiger partial charge in [0.15, 0.2) is 17.3 Å². The quantitative estimate of drug-likeness (QED) is 0.803. The fourth-order valence-corrected chi connectivity index (χ4v) is 1.17. The summed E-state index contributed by atoms with van der Waals surface area (Å²) >= 11 is 0. The number of aromatic hydroxyl groups is 1. The van der Waals surface area contributed by atoms with Crippen LogP contribution >= 0.6 is 0 Å². The monoisotopic (exact) mass is 198 g/mol. The highest BCUT2D eigenvalue weighted by Gasteiger charge is 2.10. The van der Waals surface area contributed by atoms with Gasteiger partial charge >= 0.3 is 0 Å². The van der Waals surface area contributed by atoms with E-state index in [4.69, 9.17) is 4.74 Å². The van der Waals surface area contributed by atoms with Gasteiger partial charge in [0.05, 0.1) is 7.11 Å². The van der Waals surface area contributed by atoms with E-state index >= 15 is 0 Å². The molecule has 0 bridgehead atoms.